The summed E-state index contributed by atoms with van der Waals surface area (Å²) < 4.78 is 26.1. The average molecular weight is 212 g/mol. The number of esters is 1. The van der Waals surface area contributed by atoms with E-state index in [9.17, 15) is 9.00 Å². The van der Waals surface area contributed by atoms with Gasteiger partial charge in [0.2, 0.25) is 11.1 Å². The quantitative estimate of drug-likeness (QED) is 0.661. The molecule has 0 saturated carbocycles. The first-order chi connectivity index (χ1) is 6.72. The second-order valence-corrected chi connectivity index (χ2v) is 3.86. The second kappa shape index (κ2) is 2.27. The van der Waals surface area contributed by atoms with Crippen LogP contribution in [-0.4, -0.2) is 17.3 Å². The SMILES string of the molecule is COC(=O)c1c2c3oc1cc3OS2=O. The highest BCUT2D eigenvalue weighted by atomic mass is 32.2. The maximum Gasteiger partial charge on any atom is 0.343 e. The van der Waals surface area contributed by atoms with Crippen LogP contribution >= 0.6 is 0 Å². The molecule has 1 unspecified atom stereocenters. The Labute approximate surface area is 80.6 Å². The lowest BCUT2D eigenvalue weighted by atomic mass is 10.2. The van der Waals surface area contributed by atoms with Gasteiger partial charge in [0.1, 0.15) is 16.0 Å². The molecule has 0 N–H and O–H groups in total. The van der Waals surface area contributed by atoms with Gasteiger partial charge in [0, 0.05) is 6.07 Å². The molecule has 1 aliphatic rings. The summed E-state index contributed by atoms with van der Waals surface area (Å²) in [6.07, 6.45) is 0. The zero-order valence-corrected chi connectivity index (χ0v) is 7.84. The van der Waals surface area contributed by atoms with Gasteiger partial charge in [0.05, 0.1) is 7.11 Å². The van der Waals surface area contributed by atoms with Crippen molar-refractivity contribution >= 4 is 28.2 Å². The van der Waals surface area contributed by atoms with E-state index in [-0.39, 0.29) is 5.56 Å². The normalized spacial score (nSPS) is 18.8. The van der Waals surface area contributed by atoms with Gasteiger partial charge in [0.25, 0.3) is 0 Å². The van der Waals surface area contributed by atoms with E-state index < -0.39 is 17.0 Å². The van der Waals surface area contributed by atoms with Crippen molar-refractivity contribution in [3.8, 4) is 5.75 Å². The molecule has 0 radical (unpaired) electrons. The van der Waals surface area contributed by atoms with Gasteiger partial charge in [-0.2, -0.15) is 0 Å². The minimum absolute atomic E-state index is 0.210. The predicted octanol–water partition coefficient (Wildman–Crippen LogP) is 1.07. The fraction of sp³-hybridized carbons (Fsp3) is 0.125. The molecule has 0 saturated heterocycles. The van der Waals surface area contributed by atoms with Crippen LogP contribution in [0.4, 0.5) is 0 Å². The highest BCUT2D eigenvalue weighted by molar-refractivity contribution is 7.81. The Balaban J connectivity index is 2.35. The maximum atomic E-state index is 11.4. The van der Waals surface area contributed by atoms with Crippen molar-refractivity contribution in [3.05, 3.63) is 11.6 Å². The number of carbonyl (C=O) groups excluding carboxylic acids is 1. The van der Waals surface area contributed by atoms with E-state index in [2.05, 4.69) is 4.74 Å². The van der Waals surface area contributed by atoms with Crippen molar-refractivity contribution in [2.45, 2.75) is 4.90 Å². The van der Waals surface area contributed by atoms with Crippen LogP contribution in [0.2, 0.25) is 0 Å². The Hall–Kier alpha value is -1.56. The molecule has 72 valence electrons. The molecular formula is C8H4O5S. The van der Waals surface area contributed by atoms with E-state index in [1.807, 2.05) is 0 Å². The van der Waals surface area contributed by atoms with Crippen molar-refractivity contribution in [2.75, 3.05) is 7.11 Å². The van der Waals surface area contributed by atoms with Crippen LogP contribution in [0.25, 0.3) is 11.2 Å². The monoisotopic (exact) mass is 212 g/mol. The zero-order chi connectivity index (χ0) is 9.87. The number of ether oxygens (including phenoxy) is 1. The van der Waals surface area contributed by atoms with Crippen molar-refractivity contribution in [2.24, 2.45) is 0 Å². The molecule has 0 fully saturated rings. The summed E-state index contributed by atoms with van der Waals surface area (Å²) in [6, 6.07) is 1.54. The van der Waals surface area contributed by atoms with Crippen LogP contribution in [0.15, 0.2) is 15.4 Å². The summed E-state index contributed by atoms with van der Waals surface area (Å²) >= 11 is -1.64. The Morgan fingerprint density at radius 3 is 3.07 bits per heavy atom. The molecule has 2 bridgehead atoms. The van der Waals surface area contributed by atoms with Gasteiger partial charge in [-0.3, -0.25) is 0 Å². The first-order valence-corrected chi connectivity index (χ1v) is 4.87. The molecule has 0 aromatic carbocycles. The van der Waals surface area contributed by atoms with E-state index >= 15 is 0 Å². The molecule has 5 nitrogen and oxygen atoms in total. The minimum Gasteiger partial charge on any atom is -0.465 e. The third-order valence-corrected chi connectivity index (χ3v) is 3.15. The highest BCUT2D eigenvalue weighted by Gasteiger charge is 2.37. The van der Waals surface area contributed by atoms with Gasteiger partial charge in [-0.25, -0.2) is 9.00 Å². The van der Waals surface area contributed by atoms with Crippen LogP contribution in [0.1, 0.15) is 10.4 Å². The molecule has 0 aliphatic carbocycles. The molecule has 0 amide bonds. The fourth-order valence-corrected chi connectivity index (χ4v) is 2.54. The summed E-state index contributed by atoms with van der Waals surface area (Å²) in [4.78, 5) is 11.6. The Morgan fingerprint density at radius 2 is 2.36 bits per heavy atom. The van der Waals surface area contributed by atoms with Crippen molar-refractivity contribution in [3.63, 3.8) is 0 Å². The summed E-state index contributed by atoms with van der Waals surface area (Å²) in [6.45, 7) is 0. The van der Waals surface area contributed by atoms with E-state index in [0.29, 0.717) is 21.8 Å². The maximum absolute atomic E-state index is 11.4. The van der Waals surface area contributed by atoms with E-state index in [4.69, 9.17) is 8.60 Å². The summed E-state index contributed by atoms with van der Waals surface area (Å²) in [7, 11) is 1.26. The molecule has 2 aromatic heterocycles. The number of rotatable bonds is 1. The molecular weight excluding hydrogens is 208 g/mol. The molecule has 0 spiro atoms. The van der Waals surface area contributed by atoms with Gasteiger partial charge in [-0.05, 0) is 0 Å². The number of benzene rings is 1. The van der Waals surface area contributed by atoms with Gasteiger partial charge in [-0.15, -0.1) is 0 Å². The topological polar surface area (TPSA) is 65.7 Å². The van der Waals surface area contributed by atoms with Crippen LogP contribution in [0.5, 0.6) is 5.75 Å². The molecule has 14 heavy (non-hydrogen) atoms. The molecule has 1 atom stereocenters. The van der Waals surface area contributed by atoms with Gasteiger partial charge in [0.15, 0.2) is 11.3 Å². The van der Waals surface area contributed by atoms with Crippen molar-refractivity contribution in [1.29, 1.82) is 0 Å². The Morgan fingerprint density at radius 1 is 1.57 bits per heavy atom. The van der Waals surface area contributed by atoms with Gasteiger partial charge >= 0.3 is 5.97 Å². The Kier molecular flexibility index (Phi) is 1.27. The third-order valence-electron chi connectivity index (χ3n) is 2.10. The lowest BCUT2D eigenvalue weighted by Crippen LogP contribution is -2.04. The smallest absolute Gasteiger partial charge is 0.343 e. The van der Waals surface area contributed by atoms with Crippen LogP contribution < -0.4 is 4.18 Å². The van der Waals surface area contributed by atoms with Gasteiger partial charge < -0.3 is 13.3 Å². The number of methoxy groups -OCH3 is 1. The Bertz CT molecular complexity index is 555. The summed E-state index contributed by atoms with van der Waals surface area (Å²) in [5, 5.41) is 0. The van der Waals surface area contributed by atoms with E-state index in [0.717, 1.165) is 0 Å². The third kappa shape index (κ3) is 0.701. The summed E-state index contributed by atoms with van der Waals surface area (Å²) in [5.74, 6) is -0.125. The van der Waals surface area contributed by atoms with E-state index in [1.54, 1.807) is 0 Å². The zero-order valence-electron chi connectivity index (χ0n) is 7.03. The molecule has 2 aromatic rings. The standard InChI is InChI=1S/C8H4O5S/c1-11-8(9)5-3-2-4-6(12-3)7(5)14(10)13-4/h2H,1H3. The van der Waals surface area contributed by atoms with Crippen molar-refractivity contribution < 1.29 is 22.3 Å². The number of fused-ring (bicyclic) bond motifs is 1. The first-order valence-electron chi connectivity index (χ1n) is 3.79. The van der Waals surface area contributed by atoms with Crippen LogP contribution in [0.3, 0.4) is 0 Å². The fourth-order valence-electron chi connectivity index (χ4n) is 1.52. The van der Waals surface area contributed by atoms with Gasteiger partial charge in [-0.1, -0.05) is 0 Å². The molecule has 6 heteroatoms. The largest absolute Gasteiger partial charge is 0.465 e. The number of furan rings is 2. The predicted molar refractivity (Wildman–Crippen MR) is 45.8 cm³/mol. The number of carbonyl (C=O) groups is 1. The van der Waals surface area contributed by atoms with Crippen LogP contribution in [-0.2, 0) is 15.8 Å². The van der Waals surface area contributed by atoms with Crippen LogP contribution in [0, 0.1) is 0 Å². The lowest BCUT2D eigenvalue weighted by molar-refractivity contribution is 0.0599. The average Bonchev–Trinajstić information content (AvgIpc) is 2.75. The first kappa shape index (κ1) is 7.81. The van der Waals surface area contributed by atoms with E-state index in [1.165, 1.54) is 13.2 Å². The highest BCUT2D eigenvalue weighted by Crippen LogP contribution is 2.45. The molecule has 3 heterocycles. The molecule has 3 rings (SSSR count). The molecule has 1 aliphatic heterocycles. The number of hydrogen-bond donors (Lipinski definition) is 0. The minimum atomic E-state index is -1.64. The number of hydrogen-bond acceptors (Lipinski definition) is 5. The lowest BCUT2D eigenvalue weighted by Gasteiger charge is -1.95. The second-order valence-electron chi connectivity index (χ2n) is 2.82. The summed E-state index contributed by atoms with van der Waals surface area (Å²) in [5.41, 5.74) is 0.962. The van der Waals surface area contributed by atoms with Crippen molar-refractivity contribution in [1.82, 2.24) is 0 Å².